The maximum Gasteiger partial charge on any atom is 0.145 e. The van der Waals surface area contributed by atoms with Gasteiger partial charge in [0.15, 0.2) is 0 Å². The van der Waals surface area contributed by atoms with Gasteiger partial charge < -0.3 is 10.7 Å². The highest BCUT2D eigenvalue weighted by molar-refractivity contribution is 9.10. The predicted octanol–water partition coefficient (Wildman–Crippen LogP) is 2.14. The molecule has 1 heterocycles. The van der Waals surface area contributed by atoms with Gasteiger partial charge in [-0.15, -0.1) is 0 Å². The van der Waals surface area contributed by atoms with Crippen LogP contribution in [0.15, 0.2) is 41.1 Å². The minimum Gasteiger partial charge on any atom is -0.366 e. The number of halogens is 1. The van der Waals surface area contributed by atoms with Crippen molar-refractivity contribution >= 4 is 27.6 Å². The molecule has 6 heteroatoms. The van der Waals surface area contributed by atoms with Gasteiger partial charge in [0.2, 0.25) is 0 Å². The molecule has 17 heavy (non-hydrogen) atoms. The zero-order valence-electron chi connectivity index (χ0n) is 9.02. The number of nitrogens with zero attached hydrogens (tertiary/aromatic N) is 2. The molecule has 0 radical (unpaired) electrons. The minimum atomic E-state index is 0.582. The van der Waals surface area contributed by atoms with Crippen molar-refractivity contribution in [2.24, 2.45) is 5.84 Å². The standard InChI is InChI=1S/C11H12BrN5/c12-9-3-1-8(2-4-9)6-14-10-5-11(17-13)16-7-15-10/h1-5,7H,6,13H2,(H2,14,15,16,17). The third kappa shape index (κ3) is 3.40. The van der Waals surface area contributed by atoms with Gasteiger partial charge in [0.1, 0.15) is 18.0 Å². The third-order valence-electron chi connectivity index (χ3n) is 2.20. The van der Waals surface area contributed by atoms with Gasteiger partial charge >= 0.3 is 0 Å². The molecule has 0 aliphatic rings. The molecule has 0 saturated heterocycles. The Morgan fingerprint density at radius 2 is 1.82 bits per heavy atom. The van der Waals surface area contributed by atoms with Gasteiger partial charge in [-0.2, -0.15) is 0 Å². The SMILES string of the molecule is NNc1cc(NCc2ccc(Br)cc2)ncn1. The average Bonchev–Trinajstić information content (AvgIpc) is 2.38. The number of rotatable bonds is 4. The number of nitrogens with two attached hydrogens (primary N) is 1. The van der Waals surface area contributed by atoms with Crippen molar-refractivity contribution in [2.75, 3.05) is 10.7 Å². The second-order valence-electron chi connectivity index (χ2n) is 3.41. The van der Waals surface area contributed by atoms with Crippen LogP contribution >= 0.6 is 15.9 Å². The van der Waals surface area contributed by atoms with Crippen LogP contribution in [0, 0.1) is 0 Å². The Hall–Kier alpha value is -1.66. The minimum absolute atomic E-state index is 0.582. The lowest BCUT2D eigenvalue weighted by molar-refractivity contribution is 1.07. The smallest absolute Gasteiger partial charge is 0.145 e. The van der Waals surface area contributed by atoms with Crippen molar-refractivity contribution in [1.82, 2.24) is 9.97 Å². The quantitative estimate of drug-likeness (QED) is 0.595. The average molecular weight is 294 g/mol. The molecule has 0 fully saturated rings. The first-order valence-electron chi connectivity index (χ1n) is 5.05. The van der Waals surface area contributed by atoms with E-state index in [1.165, 1.54) is 11.9 Å². The summed E-state index contributed by atoms with van der Waals surface area (Å²) in [5.74, 6) is 6.58. The van der Waals surface area contributed by atoms with E-state index >= 15 is 0 Å². The molecule has 4 N–H and O–H groups in total. The Bertz CT molecular complexity index is 485. The van der Waals surface area contributed by atoms with Crippen LogP contribution in [0.5, 0.6) is 0 Å². The van der Waals surface area contributed by atoms with Crippen LogP contribution in [0.3, 0.4) is 0 Å². The zero-order valence-corrected chi connectivity index (χ0v) is 10.6. The van der Waals surface area contributed by atoms with Crippen LogP contribution in [0.1, 0.15) is 5.56 Å². The summed E-state index contributed by atoms with van der Waals surface area (Å²) < 4.78 is 1.07. The molecule has 5 nitrogen and oxygen atoms in total. The zero-order chi connectivity index (χ0) is 12.1. The fraction of sp³-hybridized carbons (Fsp3) is 0.0909. The first-order valence-corrected chi connectivity index (χ1v) is 5.84. The van der Waals surface area contributed by atoms with E-state index in [9.17, 15) is 0 Å². The maximum absolute atomic E-state index is 5.27. The lowest BCUT2D eigenvalue weighted by atomic mass is 10.2. The molecule has 1 aromatic carbocycles. The summed E-state index contributed by atoms with van der Waals surface area (Å²) in [6, 6.07) is 9.84. The van der Waals surface area contributed by atoms with Crippen molar-refractivity contribution in [3.05, 3.63) is 46.7 Å². The summed E-state index contributed by atoms with van der Waals surface area (Å²) in [7, 11) is 0. The molecular weight excluding hydrogens is 282 g/mol. The Balaban J connectivity index is 1.99. The third-order valence-corrected chi connectivity index (χ3v) is 2.73. The molecule has 0 aliphatic carbocycles. The lowest BCUT2D eigenvalue weighted by Crippen LogP contribution is -2.09. The number of benzene rings is 1. The number of hydrazine groups is 1. The molecule has 2 aromatic rings. The van der Waals surface area contributed by atoms with E-state index in [1.54, 1.807) is 6.07 Å². The van der Waals surface area contributed by atoms with E-state index in [-0.39, 0.29) is 0 Å². The summed E-state index contributed by atoms with van der Waals surface area (Å²) in [6.45, 7) is 0.703. The topological polar surface area (TPSA) is 75.9 Å². The highest BCUT2D eigenvalue weighted by Crippen LogP contribution is 2.12. The second-order valence-corrected chi connectivity index (χ2v) is 4.33. The van der Waals surface area contributed by atoms with E-state index in [4.69, 9.17) is 5.84 Å². The molecule has 0 saturated carbocycles. The normalized spacial score (nSPS) is 10.0. The van der Waals surface area contributed by atoms with Gasteiger partial charge in [0, 0.05) is 17.1 Å². The van der Waals surface area contributed by atoms with Gasteiger partial charge in [0.05, 0.1) is 0 Å². The second kappa shape index (κ2) is 5.60. The molecule has 0 unspecified atom stereocenters. The number of hydrogen-bond acceptors (Lipinski definition) is 5. The van der Waals surface area contributed by atoms with Crippen LogP contribution in [0.4, 0.5) is 11.6 Å². The van der Waals surface area contributed by atoms with Gasteiger partial charge in [-0.1, -0.05) is 28.1 Å². The van der Waals surface area contributed by atoms with Crippen LogP contribution < -0.4 is 16.6 Å². The monoisotopic (exact) mass is 293 g/mol. The molecule has 0 amide bonds. The van der Waals surface area contributed by atoms with Crippen molar-refractivity contribution in [3.63, 3.8) is 0 Å². The number of nitrogens with one attached hydrogen (secondary N) is 2. The number of aromatic nitrogens is 2. The van der Waals surface area contributed by atoms with Gasteiger partial charge in [-0.3, -0.25) is 0 Å². The van der Waals surface area contributed by atoms with Gasteiger partial charge in [-0.05, 0) is 17.7 Å². The summed E-state index contributed by atoms with van der Waals surface area (Å²) in [5, 5.41) is 3.19. The highest BCUT2D eigenvalue weighted by atomic mass is 79.9. The van der Waals surface area contributed by atoms with Crippen molar-refractivity contribution in [1.29, 1.82) is 0 Å². The van der Waals surface area contributed by atoms with Gasteiger partial charge in [-0.25, -0.2) is 15.8 Å². The fourth-order valence-corrected chi connectivity index (χ4v) is 1.59. The largest absolute Gasteiger partial charge is 0.366 e. The molecule has 0 bridgehead atoms. The van der Waals surface area contributed by atoms with E-state index in [2.05, 4.69) is 36.6 Å². The number of anilines is 2. The summed E-state index contributed by atoms with van der Waals surface area (Å²) in [6.07, 6.45) is 1.46. The van der Waals surface area contributed by atoms with Crippen molar-refractivity contribution < 1.29 is 0 Å². The predicted molar refractivity (Wildman–Crippen MR) is 71.3 cm³/mol. The maximum atomic E-state index is 5.27. The van der Waals surface area contributed by atoms with E-state index in [1.807, 2.05) is 24.3 Å². The molecule has 0 atom stereocenters. The van der Waals surface area contributed by atoms with E-state index in [0.717, 1.165) is 10.3 Å². The Kier molecular flexibility index (Phi) is 3.89. The summed E-state index contributed by atoms with van der Waals surface area (Å²) in [5.41, 5.74) is 3.65. The summed E-state index contributed by atoms with van der Waals surface area (Å²) in [4.78, 5) is 8.02. The lowest BCUT2D eigenvalue weighted by Gasteiger charge is -2.06. The van der Waals surface area contributed by atoms with Crippen LogP contribution in [0.2, 0.25) is 0 Å². The summed E-state index contributed by atoms with van der Waals surface area (Å²) >= 11 is 3.40. The molecule has 0 spiro atoms. The van der Waals surface area contributed by atoms with Crippen LogP contribution in [-0.4, -0.2) is 9.97 Å². The highest BCUT2D eigenvalue weighted by Gasteiger charge is 1.97. The van der Waals surface area contributed by atoms with Crippen LogP contribution in [0.25, 0.3) is 0 Å². The van der Waals surface area contributed by atoms with E-state index in [0.29, 0.717) is 12.4 Å². The first-order chi connectivity index (χ1) is 8.28. The van der Waals surface area contributed by atoms with Crippen molar-refractivity contribution in [2.45, 2.75) is 6.54 Å². The molecule has 2 rings (SSSR count). The Morgan fingerprint density at radius 3 is 2.53 bits per heavy atom. The fourth-order valence-electron chi connectivity index (χ4n) is 1.33. The molecule has 88 valence electrons. The Labute approximate surface area is 108 Å². The van der Waals surface area contributed by atoms with Crippen molar-refractivity contribution in [3.8, 4) is 0 Å². The van der Waals surface area contributed by atoms with E-state index < -0.39 is 0 Å². The Morgan fingerprint density at radius 1 is 1.12 bits per heavy atom. The number of hydrogen-bond donors (Lipinski definition) is 3. The first kappa shape index (κ1) is 11.8. The molecule has 0 aliphatic heterocycles. The van der Waals surface area contributed by atoms with Crippen LogP contribution in [-0.2, 0) is 6.54 Å². The molecule has 1 aromatic heterocycles. The van der Waals surface area contributed by atoms with Gasteiger partial charge in [0.25, 0.3) is 0 Å². The molecular formula is C11H12BrN5. The number of nitrogen functional groups attached to an aromatic ring is 1.